The lowest BCUT2D eigenvalue weighted by atomic mass is 9.67. The van der Waals surface area contributed by atoms with Crippen molar-refractivity contribution in [2.45, 2.75) is 63.3 Å². The van der Waals surface area contributed by atoms with Crippen molar-refractivity contribution >= 4 is 27.7 Å². The first-order valence-corrected chi connectivity index (χ1v) is 12.8. The van der Waals surface area contributed by atoms with Crippen molar-refractivity contribution in [3.63, 3.8) is 0 Å². The van der Waals surface area contributed by atoms with Crippen molar-refractivity contribution in [3.05, 3.63) is 45.2 Å². The van der Waals surface area contributed by atoms with Crippen LogP contribution >= 0.6 is 15.9 Å². The van der Waals surface area contributed by atoms with Gasteiger partial charge in [0, 0.05) is 23.6 Å². The Bertz CT molecular complexity index is 1170. The van der Waals surface area contributed by atoms with Crippen LogP contribution in [0, 0.1) is 5.41 Å². The standard InChI is InChI=1S/C25H28BrF3N4O3/c1-35-22-19(12-33-13-24(23(34)36-2)10-8-14(33)9-11-24)30-20(25(27,28)29)21(32-22)31-18-7-6-15-16(18)4-3-5-17(15)26/h3-5,14,18H,6-13H2,1-2H3,(H,31,32). The molecule has 6 rings (SSSR count). The molecular formula is C25H28BrF3N4O3. The maximum absolute atomic E-state index is 14.2. The third-order valence-electron chi connectivity index (χ3n) is 7.82. The number of carbonyl (C=O) groups is 1. The number of hydrogen-bond acceptors (Lipinski definition) is 7. The summed E-state index contributed by atoms with van der Waals surface area (Å²) in [5.74, 6) is -0.554. The summed E-state index contributed by atoms with van der Waals surface area (Å²) in [5, 5.41) is 2.99. The van der Waals surface area contributed by atoms with Crippen LogP contribution < -0.4 is 10.1 Å². The Morgan fingerprint density at radius 3 is 2.64 bits per heavy atom. The summed E-state index contributed by atoms with van der Waals surface area (Å²) in [7, 11) is 2.75. The summed E-state index contributed by atoms with van der Waals surface area (Å²) in [6.07, 6.45) is -0.301. The van der Waals surface area contributed by atoms with E-state index >= 15 is 0 Å². The molecule has 2 aliphatic carbocycles. The topological polar surface area (TPSA) is 76.6 Å². The van der Waals surface area contributed by atoms with Crippen LogP contribution in [-0.2, 0) is 28.7 Å². The van der Waals surface area contributed by atoms with Gasteiger partial charge in [0.1, 0.15) is 5.69 Å². The molecule has 36 heavy (non-hydrogen) atoms. The predicted molar refractivity (Wildman–Crippen MR) is 130 cm³/mol. The number of anilines is 1. The highest BCUT2D eigenvalue weighted by Crippen LogP contribution is 2.46. The number of carbonyl (C=O) groups excluding carboxylic acids is 1. The van der Waals surface area contributed by atoms with Crippen molar-refractivity contribution in [3.8, 4) is 5.88 Å². The second kappa shape index (κ2) is 9.48. The fourth-order valence-corrected chi connectivity index (χ4v) is 6.58. The smallest absolute Gasteiger partial charge is 0.437 e. The molecule has 3 heterocycles. The van der Waals surface area contributed by atoms with E-state index in [4.69, 9.17) is 9.47 Å². The second-order valence-electron chi connectivity index (χ2n) is 9.83. The van der Waals surface area contributed by atoms with E-state index in [9.17, 15) is 18.0 Å². The van der Waals surface area contributed by atoms with Crippen LogP contribution in [0.4, 0.5) is 19.0 Å². The minimum atomic E-state index is -4.71. The van der Waals surface area contributed by atoms with E-state index in [2.05, 4.69) is 31.2 Å². The molecule has 1 saturated carbocycles. The number of ether oxygens (including phenoxy) is 2. The molecular weight excluding hydrogens is 541 g/mol. The van der Waals surface area contributed by atoms with Gasteiger partial charge < -0.3 is 14.8 Å². The summed E-state index contributed by atoms with van der Waals surface area (Å²) in [5.41, 5.74) is 0.450. The van der Waals surface area contributed by atoms with E-state index in [1.165, 1.54) is 14.2 Å². The highest BCUT2D eigenvalue weighted by atomic mass is 79.9. The maximum Gasteiger partial charge on any atom is 0.437 e. The number of esters is 1. The summed E-state index contributed by atoms with van der Waals surface area (Å²) in [6.45, 7) is 0.534. The van der Waals surface area contributed by atoms with E-state index in [0.717, 1.165) is 47.7 Å². The van der Waals surface area contributed by atoms with E-state index in [0.29, 0.717) is 13.0 Å². The van der Waals surface area contributed by atoms with Gasteiger partial charge in [-0.2, -0.15) is 18.2 Å². The maximum atomic E-state index is 14.2. The predicted octanol–water partition coefficient (Wildman–Crippen LogP) is 5.28. The van der Waals surface area contributed by atoms with Gasteiger partial charge in [-0.25, -0.2) is 4.98 Å². The molecule has 11 heteroatoms. The van der Waals surface area contributed by atoms with Gasteiger partial charge in [0.15, 0.2) is 11.5 Å². The molecule has 0 spiro atoms. The van der Waals surface area contributed by atoms with Crippen molar-refractivity contribution in [2.24, 2.45) is 5.41 Å². The molecule has 7 nitrogen and oxygen atoms in total. The Hall–Kier alpha value is -2.40. The van der Waals surface area contributed by atoms with Crippen LogP contribution in [0.1, 0.15) is 60.7 Å². The van der Waals surface area contributed by atoms with Gasteiger partial charge in [-0.3, -0.25) is 9.69 Å². The number of piperidine rings is 2. The lowest BCUT2D eigenvalue weighted by Gasteiger charge is -2.51. The second-order valence-corrected chi connectivity index (χ2v) is 10.7. The Morgan fingerprint density at radius 2 is 1.97 bits per heavy atom. The zero-order valence-corrected chi connectivity index (χ0v) is 21.7. The molecule has 1 N–H and O–H groups in total. The number of benzene rings is 1. The Kier molecular flexibility index (Phi) is 6.65. The van der Waals surface area contributed by atoms with Crippen LogP contribution in [0.15, 0.2) is 22.7 Å². The van der Waals surface area contributed by atoms with Gasteiger partial charge in [0.2, 0.25) is 5.88 Å². The van der Waals surface area contributed by atoms with Crippen molar-refractivity contribution in [2.75, 3.05) is 26.1 Å². The molecule has 1 aromatic carbocycles. The van der Waals surface area contributed by atoms with Gasteiger partial charge in [-0.15, -0.1) is 0 Å². The average Bonchev–Trinajstić information content (AvgIpc) is 3.28. The fraction of sp³-hybridized carbons (Fsp3) is 0.560. The molecule has 1 aromatic heterocycles. The number of fused-ring (bicyclic) bond motifs is 4. The minimum absolute atomic E-state index is 0.0477. The number of nitrogens with one attached hydrogen (secondary N) is 1. The first-order chi connectivity index (χ1) is 17.1. The monoisotopic (exact) mass is 568 g/mol. The molecule has 2 aromatic rings. The summed E-state index contributed by atoms with van der Waals surface area (Å²) in [4.78, 5) is 22.9. The average molecular weight is 569 g/mol. The zero-order chi connectivity index (χ0) is 25.7. The Labute approximate surface area is 215 Å². The first kappa shape index (κ1) is 25.3. The fourth-order valence-electron chi connectivity index (χ4n) is 6.00. The molecule has 4 aliphatic rings. The van der Waals surface area contributed by atoms with Gasteiger partial charge in [0.05, 0.1) is 25.7 Å². The van der Waals surface area contributed by atoms with Crippen LogP contribution in [0.2, 0.25) is 0 Å². The summed E-state index contributed by atoms with van der Waals surface area (Å²) >= 11 is 3.53. The highest BCUT2D eigenvalue weighted by molar-refractivity contribution is 9.10. The molecule has 0 amide bonds. The molecule has 2 aliphatic heterocycles. The number of methoxy groups -OCH3 is 2. The normalized spacial score (nSPS) is 25.5. The number of nitrogens with zero attached hydrogens (tertiary/aromatic N) is 3. The van der Waals surface area contributed by atoms with Crippen LogP contribution in [0.5, 0.6) is 5.88 Å². The summed E-state index contributed by atoms with van der Waals surface area (Å²) in [6, 6.07) is 5.57. The third kappa shape index (κ3) is 4.44. The van der Waals surface area contributed by atoms with Gasteiger partial charge in [-0.1, -0.05) is 28.1 Å². The SMILES string of the molecule is COC(=O)C12CCC(CC1)N(Cc1nc(C(F)(F)F)c(NC3CCc4c(Br)cccc43)nc1OC)C2. The first-order valence-electron chi connectivity index (χ1n) is 12.0. The van der Waals surface area contributed by atoms with Crippen molar-refractivity contribution < 1.29 is 27.4 Å². The molecule has 0 radical (unpaired) electrons. The van der Waals surface area contributed by atoms with Gasteiger partial charge >= 0.3 is 12.1 Å². The number of alkyl halides is 3. The van der Waals surface area contributed by atoms with Crippen LogP contribution in [0.25, 0.3) is 0 Å². The lowest BCUT2D eigenvalue weighted by molar-refractivity contribution is -0.163. The zero-order valence-electron chi connectivity index (χ0n) is 20.1. The van der Waals surface area contributed by atoms with E-state index in [1.54, 1.807) is 0 Å². The van der Waals surface area contributed by atoms with Crippen LogP contribution in [0.3, 0.4) is 0 Å². The van der Waals surface area contributed by atoms with E-state index < -0.39 is 17.3 Å². The van der Waals surface area contributed by atoms with Gasteiger partial charge in [-0.05, 0) is 55.7 Å². The van der Waals surface area contributed by atoms with E-state index in [1.807, 2.05) is 23.1 Å². The molecule has 194 valence electrons. The van der Waals surface area contributed by atoms with Crippen molar-refractivity contribution in [1.29, 1.82) is 0 Å². The van der Waals surface area contributed by atoms with Crippen molar-refractivity contribution in [1.82, 2.24) is 14.9 Å². The molecule has 2 bridgehead atoms. The Morgan fingerprint density at radius 1 is 1.22 bits per heavy atom. The third-order valence-corrected chi connectivity index (χ3v) is 8.57. The minimum Gasteiger partial charge on any atom is -0.480 e. The van der Waals surface area contributed by atoms with Gasteiger partial charge in [0.25, 0.3) is 0 Å². The summed E-state index contributed by atoms with van der Waals surface area (Å²) < 4.78 is 53.9. The van der Waals surface area contributed by atoms with E-state index in [-0.39, 0.29) is 42.0 Å². The number of aromatic nitrogens is 2. The molecule has 1 atom stereocenters. The lowest BCUT2D eigenvalue weighted by Crippen LogP contribution is -2.57. The number of halogens is 4. The largest absolute Gasteiger partial charge is 0.480 e. The quantitative estimate of drug-likeness (QED) is 0.475. The number of hydrogen-bond donors (Lipinski definition) is 1. The molecule has 3 fully saturated rings. The number of rotatable bonds is 6. The van der Waals surface area contributed by atoms with Crippen LogP contribution in [-0.4, -0.2) is 47.6 Å². The molecule has 2 saturated heterocycles. The highest BCUT2D eigenvalue weighted by Gasteiger charge is 2.50. The molecule has 1 unspecified atom stereocenters. The Balaban J connectivity index is 1.45.